The lowest BCUT2D eigenvalue weighted by Crippen LogP contribution is -2.25. The molecule has 3 N–H and O–H groups in total. The molecule has 0 aromatic carbocycles. The van der Waals surface area contributed by atoms with E-state index >= 15 is 0 Å². The van der Waals surface area contributed by atoms with Crippen LogP contribution in [0.2, 0.25) is 0 Å². The number of anilines is 1. The molecule has 0 bridgehead atoms. The highest BCUT2D eigenvalue weighted by Crippen LogP contribution is 2.34. The maximum absolute atomic E-state index is 12.2. The number of carbonyl (C=O) groups excluding carboxylic acids is 1. The lowest BCUT2D eigenvalue weighted by atomic mass is 10.2. The van der Waals surface area contributed by atoms with Gasteiger partial charge in [0.25, 0.3) is 5.91 Å². The van der Waals surface area contributed by atoms with Gasteiger partial charge in [0.1, 0.15) is 9.71 Å². The van der Waals surface area contributed by atoms with E-state index in [0.717, 1.165) is 27.9 Å². The van der Waals surface area contributed by atoms with Crippen LogP contribution >= 0.6 is 22.7 Å². The first-order valence-electron chi connectivity index (χ1n) is 6.45. The second-order valence-electron chi connectivity index (χ2n) is 4.64. The molecule has 3 heterocycles. The summed E-state index contributed by atoms with van der Waals surface area (Å²) in [6, 6.07) is 1.90. The van der Waals surface area contributed by atoms with Crippen molar-refractivity contribution < 1.29 is 4.79 Å². The van der Waals surface area contributed by atoms with E-state index < -0.39 is 0 Å². The summed E-state index contributed by atoms with van der Waals surface area (Å²) in [5, 5.41) is 5.75. The Morgan fingerprint density at radius 1 is 1.43 bits per heavy atom. The monoisotopic (exact) mass is 318 g/mol. The van der Waals surface area contributed by atoms with Crippen molar-refractivity contribution in [1.82, 2.24) is 15.3 Å². The molecule has 0 aliphatic heterocycles. The van der Waals surface area contributed by atoms with Gasteiger partial charge in [-0.15, -0.1) is 22.7 Å². The fourth-order valence-corrected chi connectivity index (χ4v) is 3.77. The van der Waals surface area contributed by atoms with Crippen LogP contribution in [0.5, 0.6) is 0 Å². The fourth-order valence-electron chi connectivity index (χ4n) is 2.12. The molecule has 0 atom stereocenters. The van der Waals surface area contributed by atoms with Crippen LogP contribution in [0.1, 0.15) is 20.9 Å². The molecule has 3 rings (SSSR count). The quantitative estimate of drug-likeness (QED) is 0.775. The van der Waals surface area contributed by atoms with Crippen LogP contribution in [0.15, 0.2) is 23.2 Å². The van der Waals surface area contributed by atoms with Gasteiger partial charge in [-0.05, 0) is 18.6 Å². The Labute approximate surface area is 129 Å². The number of nitrogen functional groups attached to an aromatic ring is 1. The van der Waals surface area contributed by atoms with E-state index in [1.54, 1.807) is 23.0 Å². The van der Waals surface area contributed by atoms with Crippen LogP contribution in [0.3, 0.4) is 0 Å². The molecule has 21 heavy (non-hydrogen) atoms. The number of pyridine rings is 1. The summed E-state index contributed by atoms with van der Waals surface area (Å²) in [6.07, 6.45) is 2.45. The zero-order valence-corrected chi connectivity index (χ0v) is 13.1. The largest absolute Gasteiger partial charge is 0.397 e. The third-order valence-corrected chi connectivity index (χ3v) is 4.94. The molecule has 0 unspecified atom stereocenters. The summed E-state index contributed by atoms with van der Waals surface area (Å²) < 4.78 is 0. The van der Waals surface area contributed by atoms with E-state index in [1.165, 1.54) is 11.3 Å². The topological polar surface area (TPSA) is 80.9 Å². The highest BCUT2D eigenvalue weighted by atomic mass is 32.1. The van der Waals surface area contributed by atoms with Crippen molar-refractivity contribution >= 4 is 44.5 Å². The number of nitrogens with one attached hydrogen (secondary N) is 1. The number of hydrogen-bond donors (Lipinski definition) is 2. The van der Waals surface area contributed by atoms with Crippen LogP contribution in [-0.2, 0) is 6.42 Å². The maximum atomic E-state index is 12.2. The number of rotatable bonds is 4. The second-order valence-corrected chi connectivity index (χ2v) is 6.36. The molecule has 0 fully saturated rings. The van der Waals surface area contributed by atoms with Gasteiger partial charge in [-0.1, -0.05) is 0 Å². The van der Waals surface area contributed by atoms with Crippen molar-refractivity contribution in [2.24, 2.45) is 0 Å². The highest BCUT2D eigenvalue weighted by molar-refractivity contribution is 7.21. The van der Waals surface area contributed by atoms with Crippen LogP contribution in [0.4, 0.5) is 5.69 Å². The number of thiophene rings is 1. The third kappa shape index (κ3) is 2.74. The van der Waals surface area contributed by atoms with Gasteiger partial charge < -0.3 is 11.1 Å². The number of aromatic nitrogens is 2. The molecular weight excluding hydrogens is 304 g/mol. The summed E-state index contributed by atoms with van der Waals surface area (Å²) >= 11 is 2.88. The number of nitrogens with two attached hydrogens (primary N) is 1. The number of fused-ring (bicyclic) bond motifs is 1. The lowest BCUT2D eigenvalue weighted by molar-refractivity contribution is 0.0959. The molecule has 0 radical (unpaired) electrons. The second kappa shape index (κ2) is 5.79. The summed E-state index contributed by atoms with van der Waals surface area (Å²) in [6.45, 7) is 2.51. The van der Waals surface area contributed by atoms with Crippen molar-refractivity contribution in [3.63, 3.8) is 0 Å². The molecule has 7 heteroatoms. The zero-order chi connectivity index (χ0) is 14.8. The lowest BCUT2D eigenvalue weighted by Gasteiger charge is -2.03. The average Bonchev–Trinajstić information content (AvgIpc) is 3.08. The first-order chi connectivity index (χ1) is 10.2. The molecule has 3 aromatic heterocycles. The minimum Gasteiger partial charge on any atom is -0.397 e. The molecule has 0 saturated heterocycles. The molecular formula is C14H14N4OS2. The van der Waals surface area contributed by atoms with Crippen molar-refractivity contribution in [3.05, 3.63) is 39.3 Å². The smallest absolute Gasteiger partial charge is 0.263 e. The Bertz CT molecular complexity index is 780. The first kappa shape index (κ1) is 14.0. The Morgan fingerprint density at radius 2 is 2.29 bits per heavy atom. The normalized spacial score (nSPS) is 10.9. The Balaban J connectivity index is 1.75. The SMILES string of the molecule is Cc1ccnc2sc(C(=O)NCCc3cscn3)c(N)c12. The highest BCUT2D eigenvalue weighted by Gasteiger charge is 2.17. The van der Waals surface area contributed by atoms with Crippen molar-refractivity contribution in [3.8, 4) is 0 Å². The van der Waals surface area contributed by atoms with Gasteiger partial charge in [-0.3, -0.25) is 4.79 Å². The number of aryl methyl sites for hydroxylation is 1. The Kier molecular flexibility index (Phi) is 3.85. The number of thiazole rings is 1. The van der Waals surface area contributed by atoms with E-state index in [9.17, 15) is 4.79 Å². The number of carbonyl (C=O) groups is 1. The third-order valence-electron chi connectivity index (χ3n) is 3.19. The minimum absolute atomic E-state index is 0.148. The standard InChI is InChI=1S/C14H14N4OS2/c1-8-2-4-17-14-10(8)11(15)12(21-14)13(19)16-5-3-9-6-20-7-18-9/h2,4,6-7H,3,5,15H2,1H3,(H,16,19). The first-order valence-corrected chi connectivity index (χ1v) is 8.21. The van der Waals surface area contributed by atoms with E-state index in [0.29, 0.717) is 17.1 Å². The summed E-state index contributed by atoms with van der Waals surface area (Å²) in [5.74, 6) is -0.148. The van der Waals surface area contributed by atoms with Gasteiger partial charge in [0.15, 0.2) is 0 Å². The number of hydrogen-bond acceptors (Lipinski definition) is 6. The van der Waals surface area contributed by atoms with Crippen molar-refractivity contribution in [1.29, 1.82) is 0 Å². The van der Waals surface area contributed by atoms with Gasteiger partial charge in [0.05, 0.1) is 16.9 Å². The van der Waals surface area contributed by atoms with Crippen LogP contribution in [-0.4, -0.2) is 22.4 Å². The van der Waals surface area contributed by atoms with Crippen molar-refractivity contribution in [2.75, 3.05) is 12.3 Å². The Morgan fingerprint density at radius 3 is 3.00 bits per heavy atom. The average molecular weight is 318 g/mol. The molecule has 5 nitrogen and oxygen atoms in total. The van der Waals surface area contributed by atoms with E-state index in [2.05, 4.69) is 15.3 Å². The van der Waals surface area contributed by atoms with E-state index in [-0.39, 0.29) is 5.91 Å². The van der Waals surface area contributed by atoms with E-state index in [4.69, 9.17) is 5.73 Å². The van der Waals surface area contributed by atoms with Crippen LogP contribution in [0.25, 0.3) is 10.2 Å². The van der Waals surface area contributed by atoms with Gasteiger partial charge in [0, 0.05) is 29.9 Å². The molecule has 3 aromatic rings. The number of nitrogens with zero attached hydrogens (tertiary/aromatic N) is 2. The predicted molar refractivity (Wildman–Crippen MR) is 86.9 cm³/mol. The minimum atomic E-state index is -0.148. The van der Waals surface area contributed by atoms with E-state index in [1.807, 2.05) is 18.4 Å². The number of amides is 1. The van der Waals surface area contributed by atoms with Gasteiger partial charge in [-0.2, -0.15) is 0 Å². The molecule has 0 aliphatic carbocycles. The Hall–Kier alpha value is -1.99. The van der Waals surface area contributed by atoms with Gasteiger partial charge in [-0.25, -0.2) is 9.97 Å². The van der Waals surface area contributed by atoms with Crippen LogP contribution < -0.4 is 11.1 Å². The fraction of sp³-hybridized carbons (Fsp3) is 0.214. The summed E-state index contributed by atoms with van der Waals surface area (Å²) in [7, 11) is 0. The molecule has 0 spiro atoms. The van der Waals surface area contributed by atoms with Gasteiger partial charge >= 0.3 is 0 Å². The molecule has 0 aliphatic rings. The summed E-state index contributed by atoms with van der Waals surface area (Å²) in [5.41, 5.74) is 10.4. The summed E-state index contributed by atoms with van der Waals surface area (Å²) in [4.78, 5) is 22.0. The molecule has 0 saturated carbocycles. The van der Waals surface area contributed by atoms with Gasteiger partial charge in [0.2, 0.25) is 0 Å². The zero-order valence-electron chi connectivity index (χ0n) is 11.4. The predicted octanol–water partition coefficient (Wildman–Crippen LogP) is 2.62. The molecule has 1 amide bonds. The maximum Gasteiger partial charge on any atom is 0.263 e. The van der Waals surface area contributed by atoms with Crippen molar-refractivity contribution in [2.45, 2.75) is 13.3 Å². The molecule has 108 valence electrons. The van der Waals surface area contributed by atoms with Crippen LogP contribution in [0, 0.1) is 6.92 Å².